The van der Waals surface area contributed by atoms with Gasteiger partial charge in [0.25, 0.3) is 10.1 Å². The first-order valence-corrected chi connectivity index (χ1v) is 6.48. The van der Waals surface area contributed by atoms with Crippen molar-refractivity contribution in [2.45, 2.75) is 26.4 Å². The Kier molecular flexibility index (Phi) is 1.86. The number of rotatable bonds is 2. The average molecular weight is 218 g/mol. The molecule has 80 valence electrons. The summed E-state index contributed by atoms with van der Waals surface area (Å²) >= 11 is 0. The number of hydrogen-bond acceptors (Lipinski definition) is 4. The van der Waals surface area contributed by atoms with Crippen molar-refractivity contribution in [1.82, 2.24) is 0 Å². The van der Waals surface area contributed by atoms with Crippen molar-refractivity contribution >= 4 is 15.9 Å². The predicted molar refractivity (Wildman–Crippen MR) is 50.1 cm³/mol. The fourth-order valence-electron chi connectivity index (χ4n) is 2.38. The molecule has 0 bridgehead atoms. The van der Waals surface area contributed by atoms with E-state index >= 15 is 0 Å². The van der Waals surface area contributed by atoms with Crippen LogP contribution in [-0.2, 0) is 19.1 Å². The Hall–Kier alpha value is -0.420. The van der Waals surface area contributed by atoms with Crippen LogP contribution in [0.15, 0.2) is 0 Å². The molecule has 0 aromatic carbocycles. The fraction of sp³-hybridized carbons (Fsp3) is 0.889. The summed E-state index contributed by atoms with van der Waals surface area (Å²) in [5, 5.41) is 0. The maximum absolute atomic E-state index is 11.7. The van der Waals surface area contributed by atoms with E-state index < -0.39 is 21.6 Å². The molecule has 2 saturated carbocycles. The zero-order valence-corrected chi connectivity index (χ0v) is 9.30. The van der Waals surface area contributed by atoms with E-state index in [0.29, 0.717) is 0 Å². The number of ketones is 1. The summed E-state index contributed by atoms with van der Waals surface area (Å²) in [6, 6.07) is 0. The predicted octanol–water partition coefficient (Wildman–Crippen LogP) is 0.576. The topological polar surface area (TPSA) is 60.4 Å². The fourth-order valence-corrected chi connectivity index (χ4v) is 3.14. The molecule has 0 N–H and O–H groups in total. The van der Waals surface area contributed by atoms with Crippen molar-refractivity contribution in [3.05, 3.63) is 0 Å². The van der Waals surface area contributed by atoms with Gasteiger partial charge in [-0.15, -0.1) is 0 Å². The van der Waals surface area contributed by atoms with Crippen LogP contribution in [0.4, 0.5) is 0 Å². The minimum Gasteiger partial charge on any atom is -0.299 e. The highest BCUT2D eigenvalue weighted by molar-refractivity contribution is 7.86. The van der Waals surface area contributed by atoms with E-state index in [1.54, 1.807) is 13.8 Å². The van der Waals surface area contributed by atoms with Gasteiger partial charge in [-0.25, -0.2) is 0 Å². The zero-order chi connectivity index (χ0) is 10.7. The molecule has 0 unspecified atom stereocenters. The molecule has 3 atom stereocenters. The van der Waals surface area contributed by atoms with Gasteiger partial charge in [0.05, 0.1) is 17.8 Å². The summed E-state index contributed by atoms with van der Waals surface area (Å²) < 4.78 is 27.0. The summed E-state index contributed by atoms with van der Waals surface area (Å²) in [4.78, 5) is 11.7. The second-order valence-corrected chi connectivity index (χ2v) is 6.41. The molecule has 0 saturated heterocycles. The third-order valence-corrected chi connectivity index (χ3v) is 3.75. The van der Waals surface area contributed by atoms with E-state index in [1.165, 1.54) is 0 Å². The molecule has 0 amide bonds. The Bertz CT molecular complexity index is 382. The van der Waals surface area contributed by atoms with Gasteiger partial charge < -0.3 is 0 Å². The third-order valence-electron chi connectivity index (χ3n) is 3.19. The molecule has 0 aromatic rings. The van der Waals surface area contributed by atoms with E-state index in [-0.39, 0.29) is 17.6 Å². The van der Waals surface area contributed by atoms with Crippen molar-refractivity contribution in [3.63, 3.8) is 0 Å². The van der Waals surface area contributed by atoms with E-state index in [4.69, 9.17) is 4.18 Å². The molecule has 5 heteroatoms. The minimum atomic E-state index is -3.46. The molecule has 2 aliphatic carbocycles. The Morgan fingerprint density at radius 3 is 2.36 bits per heavy atom. The van der Waals surface area contributed by atoms with Crippen LogP contribution in [0.2, 0.25) is 0 Å². The average Bonchev–Trinajstić information content (AvgIpc) is 2.71. The molecule has 4 nitrogen and oxygen atoms in total. The molecule has 0 radical (unpaired) electrons. The molecular formula is C9H14O4S. The lowest BCUT2D eigenvalue weighted by molar-refractivity contribution is -0.129. The van der Waals surface area contributed by atoms with Gasteiger partial charge in [0, 0.05) is 5.92 Å². The third kappa shape index (κ3) is 1.39. The van der Waals surface area contributed by atoms with Gasteiger partial charge in [-0.1, -0.05) is 13.8 Å². The van der Waals surface area contributed by atoms with Crippen molar-refractivity contribution < 1.29 is 17.4 Å². The maximum Gasteiger partial charge on any atom is 0.264 e. The molecule has 2 fully saturated rings. The molecule has 2 aliphatic rings. The van der Waals surface area contributed by atoms with Gasteiger partial charge in [-0.2, -0.15) is 8.42 Å². The Morgan fingerprint density at radius 2 is 2.00 bits per heavy atom. The second-order valence-electron chi connectivity index (χ2n) is 4.81. The summed E-state index contributed by atoms with van der Waals surface area (Å²) in [5.74, 6) is 0.333. The van der Waals surface area contributed by atoms with Gasteiger partial charge in [-0.05, 0) is 12.3 Å². The van der Waals surface area contributed by atoms with Crippen LogP contribution in [0.5, 0.6) is 0 Å². The normalized spacial score (nSPS) is 39.6. The summed E-state index contributed by atoms with van der Waals surface area (Å²) in [5.41, 5.74) is -0.642. The second kappa shape index (κ2) is 2.58. The lowest BCUT2D eigenvalue weighted by Crippen LogP contribution is -2.36. The first-order chi connectivity index (χ1) is 6.23. The SMILES string of the molecule is CC1(C)C(=O)[C@H]2C[C@H]2[C@@H]1OS(C)(=O)=O. The van der Waals surface area contributed by atoms with Crippen LogP contribution >= 0.6 is 0 Å². The summed E-state index contributed by atoms with van der Waals surface area (Å²) in [6.45, 7) is 3.52. The highest BCUT2D eigenvalue weighted by atomic mass is 32.2. The van der Waals surface area contributed by atoms with Crippen molar-refractivity contribution in [2.75, 3.05) is 6.26 Å². The van der Waals surface area contributed by atoms with Crippen LogP contribution in [-0.4, -0.2) is 26.6 Å². The lowest BCUT2D eigenvalue weighted by atomic mass is 9.84. The molecule has 0 aliphatic heterocycles. The quantitative estimate of drug-likeness (QED) is 0.636. The molecule has 0 heterocycles. The smallest absolute Gasteiger partial charge is 0.264 e. The van der Waals surface area contributed by atoms with Crippen molar-refractivity contribution in [2.24, 2.45) is 17.3 Å². The van der Waals surface area contributed by atoms with Gasteiger partial charge in [-0.3, -0.25) is 8.98 Å². The monoisotopic (exact) mass is 218 g/mol. The largest absolute Gasteiger partial charge is 0.299 e. The number of Topliss-reactive ketones (excluding diaryl/α,β-unsaturated/α-hetero) is 1. The summed E-state index contributed by atoms with van der Waals surface area (Å²) in [7, 11) is -3.46. The summed E-state index contributed by atoms with van der Waals surface area (Å²) in [6.07, 6.45) is 1.38. The number of carbonyl (C=O) groups is 1. The first-order valence-electron chi connectivity index (χ1n) is 4.66. The molecule has 0 spiro atoms. The van der Waals surface area contributed by atoms with Gasteiger partial charge in [0.2, 0.25) is 0 Å². The minimum absolute atomic E-state index is 0.0525. The van der Waals surface area contributed by atoms with Crippen LogP contribution in [0, 0.1) is 17.3 Å². The lowest BCUT2D eigenvalue weighted by Gasteiger charge is -2.27. The highest BCUT2D eigenvalue weighted by Crippen LogP contribution is 2.58. The maximum atomic E-state index is 11.7. The van der Waals surface area contributed by atoms with Crippen LogP contribution in [0.25, 0.3) is 0 Å². The van der Waals surface area contributed by atoms with Crippen LogP contribution in [0.1, 0.15) is 20.3 Å². The van der Waals surface area contributed by atoms with Gasteiger partial charge >= 0.3 is 0 Å². The van der Waals surface area contributed by atoms with Crippen molar-refractivity contribution in [3.8, 4) is 0 Å². The number of hydrogen-bond donors (Lipinski definition) is 0. The zero-order valence-electron chi connectivity index (χ0n) is 8.48. The highest BCUT2D eigenvalue weighted by Gasteiger charge is 2.65. The van der Waals surface area contributed by atoms with Crippen LogP contribution < -0.4 is 0 Å². The Labute approximate surface area is 83.8 Å². The van der Waals surface area contributed by atoms with E-state index in [1.807, 2.05) is 0 Å². The first kappa shape index (κ1) is 10.1. The number of carbonyl (C=O) groups excluding carboxylic acids is 1. The molecule has 0 aromatic heterocycles. The van der Waals surface area contributed by atoms with E-state index in [2.05, 4.69) is 0 Å². The molecular weight excluding hydrogens is 204 g/mol. The van der Waals surface area contributed by atoms with Crippen molar-refractivity contribution in [1.29, 1.82) is 0 Å². The molecule has 14 heavy (non-hydrogen) atoms. The van der Waals surface area contributed by atoms with E-state index in [0.717, 1.165) is 12.7 Å². The van der Waals surface area contributed by atoms with Crippen LogP contribution in [0.3, 0.4) is 0 Å². The van der Waals surface area contributed by atoms with Gasteiger partial charge in [0.15, 0.2) is 0 Å². The number of fused-ring (bicyclic) bond motifs is 1. The van der Waals surface area contributed by atoms with Gasteiger partial charge in [0.1, 0.15) is 5.78 Å². The Balaban J connectivity index is 2.24. The Morgan fingerprint density at radius 1 is 1.43 bits per heavy atom. The standard InChI is InChI=1S/C9H14O4S/c1-9(2)7(10)5-4-6(5)8(9)13-14(3,11)12/h5-6,8H,4H2,1-3H3/t5-,6+,8-/m0/s1. The van der Waals surface area contributed by atoms with E-state index in [9.17, 15) is 13.2 Å². The molecule has 2 rings (SSSR count).